The van der Waals surface area contributed by atoms with Crippen molar-refractivity contribution in [2.45, 2.75) is 13.5 Å². The SMILES string of the molecule is Cc1nc([N+](=O)[O-])c(C(=O)OCc2cc3c(cc2Br)OCO3)n1C. The van der Waals surface area contributed by atoms with Crippen LogP contribution in [0.3, 0.4) is 0 Å². The Morgan fingerprint density at radius 3 is 2.79 bits per heavy atom. The highest BCUT2D eigenvalue weighted by molar-refractivity contribution is 9.10. The van der Waals surface area contributed by atoms with Crippen LogP contribution in [-0.2, 0) is 18.4 Å². The molecule has 1 aromatic carbocycles. The fourth-order valence-corrected chi connectivity index (χ4v) is 2.67. The minimum absolute atomic E-state index is 0.0859. The van der Waals surface area contributed by atoms with Crippen LogP contribution < -0.4 is 9.47 Å². The van der Waals surface area contributed by atoms with Crippen molar-refractivity contribution in [1.82, 2.24) is 9.55 Å². The van der Waals surface area contributed by atoms with Gasteiger partial charge in [0, 0.05) is 24.0 Å². The first kappa shape index (κ1) is 16.2. The second-order valence-corrected chi connectivity index (χ2v) is 5.87. The van der Waals surface area contributed by atoms with Crippen molar-refractivity contribution in [1.29, 1.82) is 0 Å². The largest absolute Gasteiger partial charge is 0.456 e. The summed E-state index contributed by atoms with van der Waals surface area (Å²) in [5.41, 5.74) is 0.448. The summed E-state index contributed by atoms with van der Waals surface area (Å²) in [6, 6.07) is 3.39. The number of benzene rings is 1. The number of imidazole rings is 1. The lowest BCUT2D eigenvalue weighted by atomic mass is 10.2. The highest BCUT2D eigenvalue weighted by Gasteiger charge is 2.30. The average Bonchev–Trinajstić information content (AvgIpc) is 3.09. The van der Waals surface area contributed by atoms with Crippen LogP contribution >= 0.6 is 15.9 Å². The van der Waals surface area contributed by atoms with Gasteiger partial charge in [-0.1, -0.05) is 15.9 Å². The molecule has 9 nitrogen and oxygen atoms in total. The van der Waals surface area contributed by atoms with Gasteiger partial charge in [-0.25, -0.2) is 4.79 Å². The smallest absolute Gasteiger partial charge is 0.397 e. The molecule has 0 amide bonds. The van der Waals surface area contributed by atoms with Crippen molar-refractivity contribution < 1.29 is 23.9 Å². The molecule has 2 aromatic rings. The van der Waals surface area contributed by atoms with E-state index in [1.165, 1.54) is 11.6 Å². The van der Waals surface area contributed by atoms with Gasteiger partial charge in [0.15, 0.2) is 11.5 Å². The zero-order valence-electron chi connectivity index (χ0n) is 12.7. The minimum atomic E-state index is -0.825. The Labute approximate surface area is 144 Å². The molecule has 0 unspecified atom stereocenters. The lowest BCUT2D eigenvalue weighted by Gasteiger charge is -2.08. The van der Waals surface area contributed by atoms with Gasteiger partial charge < -0.3 is 24.3 Å². The molecule has 0 fully saturated rings. The number of hydrogen-bond donors (Lipinski definition) is 0. The number of aryl methyl sites for hydroxylation is 1. The predicted molar refractivity (Wildman–Crippen MR) is 84.0 cm³/mol. The molecular weight excluding hydrogens is 386 g/mol. The van der Waals surface area contributed by atoms with E-state index in [-0.39, 0.29) is 19.1 Å². The van der Waals surface area contributed by atoms with E-state index in [0.717, 1.165) is 0 Å². The number of fused-ring (bicyclic) bond motifs is 1. The van der Waals surface area contributed by atoms with Crippen LogP contribution in [0, 0.1) is 17.0 Å². The van der Waals surface area contributed by atoms with Crippen LogP contribution in [0.4, 0.5) is 5.82 Å². The Balaban J connectivity index is 1.81. The standard InChI is InChI=1S/C14H12BrN3O6/c1-7-16-13(18(20)21)12(17(7)2)14(19)22-5-8-3-10-11(4-9(8)15)24-6-23-10/h3-4H,5-6H2,1-2H3. The molecule has 0 atom stereocenters. The minimum Gasteiger partial charge on any atom is -0.456 e. The molecule has 0 spiro atoms. The van der Waals surface area contributed by atoms with Gasteiger partial charge in [0.2, 0.25) is 18.3 Å². The molecule has 24 heavy (non-hydrogen) atoms. The van der Waals surface area contributed by atoms with E-state index in [1.807, 2.05) is 0 Å². The van der Waals surface area contributed by atoms with Crippen molar-refractivity contribution in [2.75, 3.05) is 6.79 Å². The Morgan fingerprint density at radius 2 is 2.12 bits per heavy atom. The Hall–Kier alpha value is -2.62. The van der Waals surface area contributed by atoms with Crippen LogP contribution in [0.25, 0.3) is 0 Å². The highest BCUT2D eigenvalue weighted by Crippen LogP contribution is 2.37. The van der Waals surface area contributed by atoms with E-state index in [0.29, 0.717) is 27.4 Å². The number of esters is 1. The maximum atomic E-state index is 12.3. The highest BCUT2D eigenvalue weighted by atomic mass is 79.9. The summed E-state index contributed by atoms with van der Waals surface area (Å²) in [4.78, 5) is 26.4. The number of hydrogen-bond acceptors (Lipinski definition) is 7. The quantitative estimate of drug-likeness (QED) is 0.443. The Bertz CT molecular complexity index is 848. The van der Waals surface area contributed by atoms with Gasteiger partial charge in [-0.3, -0.25) is 4.57 Å². The van der Waals surface area contributed by atoms with Crippen LogP contribution in [0.5, 0.6) is 11.5 Å². The van der Waals surface area contributed by atoms with Crippen molar-refractivity contribution in [3.8, 4) is 11.5 Å². The molecule has 1 aliphatic rings. The van der Waals surface area contributed by atoms with Crippen molar-refractivity contribution in [2.24, 2.45) is 7.05 Å². The molecule has 0 radical (unpaired) electrons. The lowest BCUT2D eigenvalue weighted by molar-refractivity contribution is -0.389. The van der Waals surface area contributed by atoms with Crippen LogP contribution in [0.2, 0.25) is 0 Å². The van der Waals surface area contributed by atoms with Crippen molar-refractivity contribution in [3.05, 3.63) is 43.8 Å². The fourth-order valence-electron chi connectivity index (χ4n) is 2.23. The normalized spacial score (nSPS) is 12.3. The fraction of sp³-hybridized carbons (Fsp3) is 0.286. The van der Waals surface area contributed by atoms with Crippen LogP contribution in [-0.4, -0.2) is 27.2 Å². The summed E-state index contributed by atoms with van der Waals surface area (Å²) in [6.45, 7) is 1.61. The summed E-state index contributed by atoms with van der Waals surface area (Å²) >= 11 is 3.36. The molecule has 126 valence electrons. The van der Waals surface area contributed by atoms with E-state index < -0.39 is 16.7 Å². The van der Waals surface area contributed by atoms with Gasteiger partial charge in [0.25, 0.3) is 0 Å². The van der Waals surface area contributed by atoms with Gasteiger partial charge in [-0.2, -0.15) is 0 Å². The zero-order valence-corrected chi connectivity index (χ0v) is 14.3. The molecule has 1 aliphatic heterocycles. The number of halogens is 1. The van der Waals surface area contributed by atoms with Gasteiger partial charge in [0.05, 0.1) is 0 Å². The first-order valence-electron chi connectivity index (χ1n) is 6.81. The summed E-state index contributed by atoms with van der Waals surface area (Å²) < 4.78 is 17.7. The van der Waals surface area contributed by atoms with Crippen molar-refractivity contribution >= 4 is 27.7 Å². The molecule has 0 saturated carbocycles. The van der Waals surface area contributed by atoms with E-state index in [9.17, 15) is 14.9 Å². The second kappa shape index (κ2) is 6.11. The maximum Gasteiger partial charge on any atom is 0.397 e. The van der Waals surface area contributed by atoms with E-state index in [2.05, 4.69) is 20.9 Å². The maximum absolute atomic E-state index is 12.3. The first-order chi connectivity index (χ1) is 11.4. The molecule has 0 N–H and O–H groups in total. The van der Waals surface area contributed by atoms with Crippen molar-refractivity contribution in [3.63, 3.8) is 0 Å². The number of nitro groups is 1. The number of nitrogens with zero attached hydrogens (tertiary/aromatic N) is 3. The topological polar surface area (TPSA) is 106 Å². The third-order valence-corrected chi connectivity index (χ3v) is 4.31. The number of carbonyl (C=O) groups excluding carboxylic acids is 1. The number of carbonyl (C=O) groups is 1. The predicted octanol–water partition coefficient (Wildman–Crippen LogP) is 2.48. The summed E-state index contributed by atoms with van der Waals surface area (Å²) in [5, 5.41) is 11.0. The van der Waals surface area contributed by atoms with Crippen LogP contribution in [0.15, 0.2) is 16.6 Å². The lowest BCUT2D eigenvalue weighted by Crippen LogP contribution is -2.12. The molecule has 1 aromatic heterocycles. The second-order valence-electron chi connectivity index (χ2n) is 5.02. The number of rotatable bonds is 4. The Morgan fingerprint density at radius 1 is 1.46 bits per heavy atom. The summed E-state index contributed by atoms with van der Waals surface area (Å²) in [6.07, 6.45) is 0. The van der Waals surface area contributed by atoms with Gasteiger partial charge >= 0.3 is 11.8 Å². The van der Waals surface area contributed by atoms with Gasteiger partial charge in [-0.05, 0) is 22.0 Å². The molecular formula is C14H12BrN3O6. The molecule has 2 heterocycles. The van der Waals surface area contributed by atoms with E-state index >= 15 is 0 Å². The number of aromatic nitrogens is 2. The van der Waals surface area contributed by atoms with E-state index in [1.54, 1.807) is 19.1 Å². The van der Waals surface area contributed by atoms with Gasteiger partial charge in [-0.15, -0.1) is 0 Å². The molecule has 0 saturated heterocycles. The molecule has 10 heteroatoms. The first-order valence-corrected chi connectivity index (χ1v) is 7.60. The molecule has 0 bridgehead atoms. The Kier molecular flexibility index (Phi) is 4.14. The van der Waals surface area contributed by atoms with E-state index in [4.69, 9.17) is 14.2 Å². The summed E-state index contributed by atoms with van der Waals surface area (Å²) in [7, 11) is 1.52. The summed E-state index contributed by atoms with van der Waals surface area (Å²) in [5.74, 6) is 0.137. The third-order valence-electron chi connectivity index (χ3n) is 3.57. The average molecular weight is 398 g/mol. The zero-order chi connectivity index (χ0) is 17.4. The molecule has 0 aliphatic carbocycles. The molecule has 3 rings (SSSR count). The van der Waals surface area contributed by atoms with Gasteiger partial charge in [0.1, 0.15) is 6.61 Å². The number of ether oxygens (including phenoxy) is 3. The third kappa shape index (κ3) is 2.80. The monoisotopic (exact) mass is 397 g/mol. The van der Waals surface area contributed by atoms with Crippen LogP contribution in [0.1, 0.15) is 21.9 Å².